The number of sulfonamides is 1. The summed E-state index contributed by atoms with van der Waals surface area (Å²) < 4.78 is 38.5. The maximum atomic E-state index is 12.7. The van der Waals surface area contributed by atoms with Gasteiger partial charge >= 0.3 is 0 Å². The van der Waals surface area contributed by atoms with E-state index in [4.69, 9.17) is 9.47 Å². The van der Waals surface area contributed by atoms with Crippen LogP contribution in [-0.4, -0.2) is 22.6 Å². The van der Waals surface area contributed by atoms with Crippen LogP contribution in [-0.2, 0) is 10.0 Å². The van der Waals surface area contributed by atoms with Crippen LogP contribution in [0.2, 0.25) is 0 Å². The highest BCUT2D eigenvalue weighted by molar-refractivity contribution is 7.92. The number of hydrogen-bond acceptors (Lipinski definition) is 4. The summed E-state index contributed by atoms with van der Waals surface area (Å²) in [6.07, 6.45) is 0.926. The van der Waals surface area contributed by atoms with Crippen molar-refractivity contribution in [3.8, 4) is 11.5 Å². The Balaban J connectivity index is 2.39. The summed E-state index contributed by atoms with van der Waals surface area (Å²) in [4.78, 5) is 0.124. The van der Waals surface area contributed by atoms with Gasteiger partial charge in [-0.05, 0) is 36.1 Å². The highest BCUT2D eigenvalue weighted by Crippen LogP contribution is 2.32. The average molecular weight is 349 g/mol. The lowest BCUT2D eigenvalue weighted by Crippen LogP contribution is -2.15. The molecular formula is C18H23NO4S. The zero-order chi connectivity index (χ0) is 17.7. The molecule has 0 unspecified atom stereocenters. The summed E-state index contributed by atoms with van der Waals surface area (Å²) in [5.41, 5.74) is 1.57. The first-order valence-corrected chi connectivity index (χ1v) is 9.25. The summed E-state index contributed by atoms with van der Waals surface area (Å²) >= 11 is 0. The SMILES string of the molecule is CC[C@@H](C)c1ccccc1NS(=O)(=O)c1ccc(OC)c(OC)c1. The van der Waals surface area contributed by atoms with Crippen molar-refractivity contribution in [1.29, 1.82) is 0 Å². The van der Waals surface area contributed by atoms with Gasteiger partial charge in [-0.3, -0.25) is 4.72 Å². The number of nitrogens with one attached hydrogen (secondary N) is 1. The molecule has 1 atom stereocenters. The van der Waals surface area contributed by atoms with Gasteiger partial charge in [0.15, 0.2) is 11.5 Å². The van der Waals surface area contributed by atoms with Crippen molar-refractivity contribution < 1.29 is 17.9 Å². The lowest BCUT2D eigenvalue weighted by molar-refractivity contribution is 0.354. The third-order valence-corrected chi connectivity index (χ3v) is 5.38. The standard InChI is InChI=1S/C18H23NO4S/c1-5-13(2)15-8-6-7-9-16(15)19-24(20,21)14-10-11-17(22-3)18(12-14)23-4/h6-13,19H,5H2,1-4H3/t13-/m1/s1. The smallest absolute Gasteiger partial charge is 0.262 e. The second kappa shape index (κ2) is 7.57. The molecule has 24 heavy (non-hydrogen) atoms. The molecule has 0 bridgehead atoms. The van der Waals surface area contributed by atoms with Gasteiger partial charge in [-0.1, -0.05) is 32.0 Å². The summed E-state index contributed by atoms with van der Waals surface area (Å²) in [7, 11) is -0.742. The first-order valence-electron chi connectivity index (χ1n) is 7.76. The van der Waals surface area contributed by atoms with E-state index in [9.17, 15) is 8.42 Å². The van der Waals surface area contributed by atoms with Crippen molar-refractivity contribution in [2.75, 3.05) is 18.9 Å². The van der Waals surface area contributed by atoms with E-state index in [1.54, 1.807) is 12.1 Å². The van der Waals surface area contributed by atoms with Crippen LogP contribution in [0.3, 0.4) is 0 Å². The van der Waals surface area contributed by atoms with Crippen LogP contribution in [0.1, 0.15) is 31.7 Å². The minimum atomic E-state index is -3.72. The van der Waals surface area contributed by atoms with Gasteiger partial charge in [-0.25, -0.2) is 8.42 Å². The van der Waals surface area contributed by atoms with Gasteiger partial charge < -0.3 is 9.47 Å². The zero-order valence-corrected chi connectivity index (χ0v) is 15.2. The van der Waals surface area contributed by atoms with E-state index >= 15 is 0 Å². The predicted octanol–water partition coefficient (Wildman–Crippen LogP) is 4.02. The molecule has 0 aliphatic carbocycles. The van der Waals surface area contributed by atoms with E-state index < -0.39 is 10.0 Å². The van der Waals surface area contributed by atoms with Crippen LogP contribution in [0, 0.1) is 0 Å². The maximum Gasteiger partial charge on any atom is 0.262 e. The van der Waals surface area contributed by atoms with E-state index in [0.29, 0.717) is 17.2 Å². The molecule has 0 amide bonds. The molecule has 5 nitrogen and oxygen atoms in total. The molecule has 2 rings (SSSR count). The Kier molecular flexibility index (Phi) is 5.72. The van der Waals surface area contributed by atoms with Gasteiger partial charge in [-0.2, -0.15) is 0 Å². The van der Waals surface area contributed by atoms with E-state index in [2.05, 4.69) is 18.6 Å². The molecule has 2 aromatic rings. The molecule has 130 valence electrons. The Morgan fingerprint density at radius 3 is 2.33 bits per heavy atom. The second-order valence-corrected chi connectivity index (χ2v) is 7.20. The fourth-order valence-electron chi connectivity index (χ4n) is 2.43. The largest absolute Gasteiger partial charge is 0.493 e. The van der Waals surface area contributed by atoms with Crippen LogP contribution in [0.15, 0.2) is 47.4 Å². The number of benzene rings is 2. The average Bonchev–Trinajstić information content (AvgIpc) is 2.60. The molecule has 0 aliphatic heterocycles. The number of ether oxygens (including phenoxy) is 2. The minimum Gasteiger partial charge on any atom is -0.493 e. The van der Waals surface area contributed by atoms with Crippen molar-refractivity contribution in [3.63, 3.8) is 0 Å². The number of para-hydroxylation sites is 1. The summed E-state index contributed by atoms with van der Waals surface area (Å²) in [5, 5.41) is 0. The van der Waals surface area contributed by atoms with E-state index in [1.807, 2.05) is 18.2 Å². The van der Waals surface area contributed by atoms with Gasteiger partial charge in [-0.15, -0.1) is 0 Å². The van der Waals surface area contributed by atoms with Crippen LogP contribution >= 0.6 is 0 Å². The van der Waals surface area contributed by atoms with Crippen LogP contribution in [0.5, 0.6) is 11.5 Å². The molecule has 6 heteroatoms. The van der Waals surface area contributed by atoms with E-state index in [-0.39, 0.29) is 10.8 Å². The molecule has 0 saturated heterocycles. The highest BCUT2D eigenvalue weighted by Gasteiger charge is 2.19. The van der Waals surface area contributed by atoms with Gasteiger partial charge in [0.05, 0.1) is 24.8 Å². The van der Waals surface area contributed by atoms with Crippen LogP contribution in [0.25, 0.3) is 0 Å². The fourth-order valence-corrected chi connectivity index (χ4v) is 3.53. The topological polar surface area (TPSA) is 64.6 Å². The number of rotatable bonds is 7. The van der Waals surface area contributed by atoms with Gasteiger partial charge in [0, 0.05) is 6.07 Å². The lowest BCUT2D eigenvalue weighted by atomic mass is 9.97. The molecule has 1 N–H and O–H groups in total. The summed E-state index contributed by atoms with van der Waals surface area (Å²) in [6.45, 7) is 4.15. The summed E-state index contributed by atoms with van der Waals surface area (Å²) in [5.74, 6) is 1.11. The normalized spacial score (nSPS) is 12.5. The van der Waals surface area contributed by atoms with Crippen LogP contribution < -0.4 is 14.2 Å². The van der Waals surface area contributed by atoms with Crippen molar-refractivity contribution >= 4 is 15.7 Å². The Morgan fingerprint density at radius 1 is 1.04 bits per heavy atom. The Bertz CT molecular complexity index is 802. The monoisotopic (exact) mass is 349 g/mol. The number of hydrogen-bond donors (Lipinski definition) is 1. The molecule has 0 saturated carbocycles. The Morgan fingerprint density at radius 2 is 1.71 bits per heavy atom. The van der Waals surface area contributed by atoms with Gasteiger partial charge in [0.2, 0.25) is 0 Å². The molecule has 0 heterocycles. The molecule has 2 aromatic carbocycles. The minimum absolute atomic E-state index is 0.124. The van der Waals surface area contributed by atoms with Crippen LogP contribution in [0.4, 0.5) is 5.69 Å². The molecular weight excluding hydrogens is 326 g/mol. The summed E-state index contributed by atoms with van der Waals surface area (Å²) in [6, 6.07) is 12.0. The lowest BCUT2D eigenvalue weighted by Gasteiger charge is -2.17. The van der Waals surface area contributed by atoms with Crippen molar-refractivity contribution in [2.45, 2.75) is 31.1 Å². The van der Waals surface area contributed by atoms with E-state index in [0.717, 1.165) is 12.0 Å². The molecule has 0 radical (unpaired) electrons. The van der Waals surface area contributed by atoms with Crippen molar-refractivity contribution in [2.24, 2.45) is 0 Å². The van der Waals surface area contributed by atoms with E-state index in [1.165, 1.54) is 26.4 Å². The highest BCUT2D eigenvalue weighted by atomic mass is 32.2. The second-order valence-electron chi connectivity index (χ2n) is 5.52. The maximum absolute atomic E-state index is 12.7. The molecule has 0 fully saturated rings. The number of anilines is 1. The Hall–Kier alpha value is -2.21. The fraction of sp³-hybridized carbons (Fsp3) is 0.333. The first kappa shape index (κ1) is 18.1. The molecule has 0 aromatic heterocycles. The predicted molar refractivity (Wildman–Crippen MR) is 95.5 cm³/mol. The van der Waals surface area contributed by atoms with Crippen molar-refractivity contribution in [3.05, 3.63) is 48.0 Å². The van der Waals surface area contributed by atoms with Gasteiger partial charge in [0.1, 0.15) is 0 Å². The Labute approximate surface area is 143 Å². The van der Waals surface area contributed by atoms with Crippen molar-refractivity contribution in [1.82, 2.24) is 0 Å². The first-order chi connectivity index (χ1) is 11.4. The number of methoxy groups -OCH3 is 2. The third kappa shape index (κ3) is 3.82. The molecule has 0 spiro atoms. The van der Waals surface area contributed by atoms with Gasteiger partial charge in [0.25, 0.3) is 10.0 Å². The zero-order valence-electron chi connectivity index (χ0n) is 14.4. The molecule has 0 aliphatic rings. The third-order valence-electron chi connectivity index (χ3n) is 4.01. The quantitative estimate of drug-likeness (QED) is 0.820.